The molecule has 0 bridgehead atoms. The molecule has 0 aliphatic carbocycles. The van der Waals surface area contributed by atoms with E-state index in [2.05, 4.69) is 10.6 Å². The molecule has 0 saturated heterocycles. The van der Waals surface area contributed by atoms with Crippen LogP contribution in [0.2, 0.25) is 0 Å². The Bertz CT molecular complexity index is 445. The van der Waals surface area contributed by atoms with Crippen molar-refractivity contribution in [2.75, 3.05) is 27.2 Å². The van der Waals surface area contributed by atoms with Crippen LogP contribution in [-0.4, -0.2) is 44.2 Å². The van der Waals surface area contributed by atoms with Crippen molar-refractivity contribution in [1.82, 2.24) is 10.6 Å². The van der Waals surface area contributed by atoms with Gasteiger partial charge in [0, 0.05) is 6.54 Å². The normalized spacial score (nSPS) is 11.7. The Morgan fingerprint density at radius 2 is 1.95 bits per heavy atom. The number of methoxy groups -OCH3 is 1. The highest BCUT2D eigenvalue weighted by Crippen LogP contribution is 2.14. The third-order valence-corrected chi connectivity index (χ3v) is 2.84. The van der Waals surface area contributed by atoms with Crippen LogP contribution >= 0.6 is 0 Å². The van der Waals surface area contributed by atoms with Gasteiger partial charge in [0.1, 0.15) is 5.75 Å². The third kappa shape index (κ3) is 5.27. The van der Waals surface area contributed by atoms with E-state index < -0.39 is 5.92 Å². The fourth-order valence-electron chi connectivity index (χ4n) is 1.78. The van der Waals surface area contributed by atoms with Gasteiger partial charge in [-0.15, -0.1) is 0 Å². The lowest BCUT2D eigenvalue weighted by atomic mass is 9.99. The largest absolute Gasteiger partial charge is 0.508 e. The Kier molecular flexibility index (Phi) is 6.52. The van der Waals surface area contributed by atoms with Crippen LogP contribution in [0.25, 0.3) is 0 Å². The molecule has 0 aliphatic heterocycles. The number of ether oxygens (including phenoxy) is 1. The van der Waals surface area contributed by atoms with Gasteiger partial charge in [-0.2, -0.15) is 0 Å². The number of phenols is 1. The summed E-state index contributed by atoms with van der Waals surface area (Å²) in [4.78, 5) is 23.1. The van der Waals surface area contributed by atoms with Gasteiger partial charge in [0.15, 0.2) is 0 Å². The molecular formula is C14H20N2O4. The number of carbonyl (C=O) groups is 2. The number of likely N-dealkylation sites (N-methyl/N-ethyl adjacent to an activating group) is 1. The highest BCUT2D eigenvalue weighted by atomic mass is 16.5. The molecule has 0 aliphatic rings. The Labute approximate surface area is 118 Å². The van der Waals surface area contributed by atoms with Crippen molar-refractivity contribution in [2.45, 2.75) is 6.42 Å². The smallest absolute Gasteiger partial charge is 0.310 e. The summed E-state index contributed by atoms with van der Waals surface area (Å²) in [6, 6.07) is 6.59. The van der Waals surface area contributed by atoms with Crippen molar-refractivity contribution in [3.8, 4) is 5.75 Å². The molecule has 3 N–H and O–H groups in total. The van der Waals surface area contributed by atoms with Crippen molar-refractivity contribution < 1.29 is 19.4 Å². The summed E-state index contributed by atoms with van der Waals surface area (Å²) in [5, 5.41) is 14.6. The highest BCUT2D eigenvalue weighted by Gasteiger charge is 2.20. The molecule has 0 saturated carbocycles. The quantitative estimate of drug-likeness (QED) is 0.615. The van der Waals surface area contributed by atoms with E-state index >= 15 is 0 Å². The zero-order chi connectivity index (χ0) is 15.0. The number of amides is 1. The summed E-state index contributed by atoms with van der Waals surface area (Å²) < 4.78 is 4.75. The minimum Gasteiger partial charge on any atom is -0.508 e. The van der Waals surface area contributed by atoms with E-state index in [0.29, 0.717) is 6.42 Å². The van der Waals surface area contributed by atoms with Crippen LogP contribution in [0, 0.1) is 5.92 Å². The van der Waals surface area contributed by atoms with E-state index in [-0.39, 0.29) is 30.7 Å². The Hall–Kier alpha value is -2.08. The predicted octanol–water partition coefficient (Wildman–Crippen LogP) is 0.0595. The first-order valence-electron chi connectivity index (χ1n) is 6.33. The lowest BCUT2D eigenvalue weighted by molar-refractivity contribution is -0.145. The molecule has 1 atom stereocenters. The first-order chi connectivity index (χ1) is 9.56. The van der Waals surface area contributed by atoms with Crippen LogP contribution in [-0.2, 0) is 20.7 Å². The van der Waals surface area contributed by atoms with Crippen LogP contribution in [0.5, 0.6) is 5.75 Å². The molecule has 0 radical (unpaired) electrons. The second-order valence-corrected chi connectivity index (χ2v) is 4.43. The number of rotatable bonds is 7. The number of hydrogen-bond acceptors (Lipinski definition) is 5. The van der Waals surface area contributed by atoms with Crippen molar-refractivity contribution in [1.29, 1.82) is 0 Å². The molecule has 1 rings (SSSR count). The number of nitrogens with one attached hydrogen (secondary N) is 2. The van der Waals surface area contributed by atoms with Gasteiger partial charge < -0.3 is 20.5 Å². The molecule has 0 heterocycles. The summed E-state index contributed by atoms with van der Waals surface area (Å²) in [6.45, 7) is 0.418. The van der Waals surface area contributed by atoms with Gasteiger partial charge in [0.25, 0.3) is 0 Å². The maximum atomic E-state index is 11.7. The zero-order valence-corrected chi connectivity index (χ0v) is 11.7. The molecule has 1 unspecified atom stereocenters. The number of hydrogen-bond donors (Lipinski definition) is 3. The molecule has 1 amide bonds. The molecule has 0 fully saturated rings. The van der Waals surface area contributed by atoms with Crippen molar-refractivity contribution in [3.05, 3.63) is 29.8 Å². The topological polar surface area (TPSA) is 87.7 Å². The maximum Gasteiger partial charge on any atom is 0.310 e. The molecule has 0 spiro atoms. The number of aromatic hydroxyl groups is 1. The lowest BCUT2D eigenvalue weighted by Gasteiger charge is -2.15. The first-order valence-corrected chi connectivity index (χ1v) is 6.33. The van der Waals surface area contributed by atoms with Crippen molar-refractivity contribution in [3.63, 3.8) is 0 Å². The Morgan fingerprint density at radius 1 is 1.30 bits per heavy atom. The minimum absolute atomic E-state index is 0.172. The van der Waals surface area contributed by atoms with E-state index in [1.807, 2.05) is 0 Å². The van der Waals surface area contributed by atoms with Crippen molar-refractivity contribution in [2.24, 2.45) is 5.92 Å². The molecule has 1 aromatic rings. The van der Waals surface area contributed by atoms with E-state index in [1.165, 1.54) is 7.11 Å². The average molecular weight is 280 g/mol. The summed E-state index contributed by atoms with van der Waals surface area (Å²) in [7, 11) is 3.00. The van der Waals surface area contributed by atoms with Gasteiger partial charge in [-0.3, -0.25) is 9.59 Å². The standard InChI is InChI=1S/C14H20N2O4/c1-15-9-13(18)16-8-11(14(19)20-2)7-10-3-5-12(17)6-4-10/h3-6,11,15,17H,7-9H2,1-2H3,(H,16,18). The Morgan fingerprint density at radius 3 is 2.50 bits per heavy atom. The summed E-state index contributed by atoms with van der Waals surface area (Å²) >= 11 is 0. The summed E-state index contributed by atoms with van der Waals surface area (Å²) in [5.41, 5.74) is 0.890. The summed E-state index contributed by atoms with van der Waals surface area (Å²) in [5.74, 6) is -0.828. The van der Waals surface area contributed by atoms with Crippen LogP contribution in [0.4, 0.5) is 0 Å². The SMILES string of the molecule is CNCC(=O)NCC(Cc1ccc(O)cc1)C(=O)OC. The van der Waals surface area contributed by atoms with Gasteiger partial charge in [0.2, 0.25) is 5.91 Å². The fourth-order valence-corrected chi connectivity index (χ4v) is 1.78. The van der Waals surface area contributed by atoms with Gasteiger partial charge in [0.05, 0.1) is 19.6 Å². The van der Waals surface area contributed by atoms with Crippen molar-refractivity contribution >= 4 is 11.9 Å². The molecule has 20 heavy (non-hydrogen) atoms. The molecule has 110 valence electrons. The predicted molar refractivity (Wildman–Crippen MR) is 74.3 cm³/mol. The molecule has 6 nitrogen and oxygen atoms in total. The maximum absolute atomic E-state index is 11.7. The number of carbonyl (C=O) groups excluding carboxylic acids is 2. The van der Waals surface area contributed by atoms with Crippen LogP contribution < -0.4 is 10.6 Å². The molecule has 0 aromatic heterocycles. The van der Waals surface area contributed by atoms with E-state index in [4.69, 9.17) is 4.74 Å². The van der Waals surface area contributed by atoms with Gasteiger partial charge in [-0.25, -0.2) is 0 Å². The highest BCUT2D eigenvalue weighted by molar-refractivity contribution is 5.79. The monoisotopic (exact) mass is 280 g/mol. The molecule has 1 aromatic carbocycles. The molecular weight excluding hydrogens is 260 g/mol. The average Bonchev–Trinajstić information content (AvgIpc) is 2.45. The fraction of sp³-hybridized carbons (Fsp3) is 0.429. The third-order valence-electron chi connectivity index (χ3n) is 2.84. The van der Waals surface area contributed by atoms with E-state index in [9.17, 15) is 14.7 Å². The zero-order valence-electron chi connectivity index (χ0n) is 11.7. The minimum atomic E-state index is -0.453. The first kappa shape index (κ1) is 16.0. The van der Waals surface area contributed by atoms with Crippen LogP contribution in [0.15, 0.2) is 24.3 Å². The van der Waals surface area contributed by atoms with Crippen LogP contribution in [0.3, 0.4) is 0 Å². The second kappa shape index (κ2) is 8.16. The Balaban J connectivity index is 2.62. The van der Waals surface area contributed by atoms with Gasteiger partial charge in [-0.05, 0) is 31.2 Å². The number of esters is 1. The second-order valence-electron chi connectivity index (χ2n) is 4.43. The number of phenolic OH excluding ortho intramolecular Hbond substituents is 1. The molecule has 6 heteroatoms. The van der Waals surface area contributed by atoms with Gasteiger partial charge >= 0.3 is 5.97 Å². The van der Waals surface area contributed by atoms with E-state index in [1.54, 1.807) is 31.3 Å². The number of benzene rings is 1. The van der Waals surface area contributed by atoms with Crippen LogP contribution in [0.1, 0.15) is 5.56 Å². The van der Waals surface area contributed by atoms with E-state index in [0.717, 1.165) is 5.56 Å². The lowest BCUT2D eigenvalue weighted by Crippen LogP contribution is -2.38. The van der Waals surface area contributed by atoms with Gasteiger partial charge in [-0.1, -0.05) is 12.1 Å². The summed E-state index contributed by atoms with van der Waals surface area (Å²) in [6.07, 6.45) is 0.437.